The molecule has 2 bridgehead atoms. The summed E-state index contributed by atoms with van der Waals surface area (Å²) in [6.07, 6.45) is 1.93. The van der Waals surface area contributed by atoms with Crippen LogP contribution in [0, 0.1) is 0 Å². The molecule has 5 atom stereocenters. The fourth-order valence-electron chi connectivity index (χ4n) is 5.88. The second kappa shape index (κ2) is 4.21. The number of ether oxygens (including phenoxy) is 2. The Hall–Kier alpha value is -1.30. The number of aliphatic hydroxyl groups excluding tert-OH is 1. The van der Waals surface area contributed by atoms with Crippen molar-refractivity contribution in [3.63, 3.8) is 0 Å². The van der Waals surface area contributed by atoms with Gasteiger partial charge in [0.15, 0.2) is 11.5 Å². The number of nitrogens with zero attached hydrogens (tertiary/aromatic N) is 1. The van der Waals surface area contributed by atoms with E-state index in [9.17, 15) is 10.2 Å². The van der Waals surface area contributed by atoms with Gasteiger partial charge in [0.1, 0.15) is 6.10 Å². The number of likely N-dealkylation sites (tertiary alicyclic amines) is 1. The van der Waals surface area contributed by atoms with E-state index in [0.29, 0.717) is 18.6 Å². The van der Waals surface area contributed by atoms with E-state index in [2.05, 4.69) is 18.0 Å². The van der Waals surface area contributed by atoms with Crippen LogP contribution >= 0.6 is 0 Å². The minimum Gasteiger partial charge on any atom is -0.493 e. The highest BCUT2D eigenvalue weighted by molar-refractivity contribution is 5.62. The zero-order chi connectivity index (χ0) is 16.0. The predicted octanol–water partition coefficient (Wildman–Crippen LogP) is 0.840. The van der Waals surface area contributed by atoms with Gasteiger partial charge in [0.25, 0.3) is 0 Å². The Labute approximate surface area is 135 Å². The van der Waals surface area contributed by atoms with Gasteiger partial charge in [-0.15, -0.1) is 0 Å². The first kappa shape index (κ1) is 14.1. The van der Waals surface area contributed by atoms with Crippen molar-refractivity contribution in [2.75, 3.05) is 20.7 Å². The second-order valence-corrected chi connectivity index (χ2v) is 7.62. The molecule has 124 valence electrons. The highest BCUT2D eigenvalue weighted by atomic mass is 16.5. The van der Waals surface area contributed by atoms with Crippen molar-refractivity contribution in [2.24, 2.45) is 0 Å². The van der Waals surface area contributed by atoms with Gasteiger partial charge in [-0.05, 0) is 50.9 Å². The Morgan fingerprint density at radius 2 is 2.17 bits per heavy atom. The van der Waals surface area contributed by atoms with E-state index >= 15 is 0 Å². The van der Waals surface area contributed by atoms with Crippen LogP contribution < -0.4 is 9.47 Å². The molecule has 2 fully saturated rings. The number of aliphatic hydroxyl groups is 2. The smallest absolute Gasteiger partial charge is 0.166 e. The Kier molecular flexibility index (Phi) is 2.57. The molecule has 2 aliphatic carbocycles. The quantitative estimate of drug-likeness (QED) is 0.804. The molecule has 1 saturated carbocycles. The van der Waals surface area contributed by atoms with Gasteiger partial charge < -0.3 is 24.6 Å². The second-order valence-electron chi connectivity index (χ2n) is 7.62. The Balaban J connectivity index is 1.84. The van der Waals surface area contributed by atoms with E-state index < -0.39 is 17.1 Å². The van der Waals surface area contributed by atoms with Crippen molar-refractivity contribution in [1.29, 1.82) is 0 Å². The number of piperidine rings is 1. The largest absolute Gasteiger partial charge is 0.493 e. The van der Waals surface area contributed by atoms with E-state index in [0.717, 1.165) is 30.7 Å². The number of rotatable bonds is 1. The lowest BCUT2D eigenvalue weighted by Gasteiger charge is -2.63. The molecule has 0 amide bonds. The zero-order valence-corrected chi connectivity index (χ0v) is 13.6. The summed E-state index contributed by atoms with van der Waals surface area (Å²) in [7, 11) is 3.74. The third-order valence-corrected chi connectivity index (χ3v) is 6.90. The fourth-order valence-corrected chi connectivity index (χ4v) is 5.88. The lowest BCUT2D eigenvalue weighted by molar-refractivity contribution is -0.204. The summed E-state index contributed by atoms with van der Waals surface area (Å²) in [6, 6.07) is 4.15. The molecule has 2 heterocycles. The average molecular weight is 317 g/mol. The fraction of sp³-hybridized carbons (Fsp3) is 0.667. The maximum Gasteiger partial charge on any atom is 0.166 e. The van der Waals surface area contributed by atoms with E-state index in [1.807, 2.05) is 6.07 Å². The summed E-state index contributed by atoms with van der Waals surface area (Å²) in [5.74, 6) is 1.46. The molecular weight excluding hydrogens is 294 g/mol. The van der Waals surface area contributed by atoms with Crippen molar-refractivity contribution in [1.82, 2.24) is 4.90 Å². The summed E-state index contributed by atoms with van der Waals surface area (Å²) in [5.41, 5.74) is 0.999. The van der Waals surface area contributed by atoms with E-state index in [1.54, 1.807) is 7.11 Å². The molecule has 1 aromatic rings. The van der Waals surface area contributed by atoms with Crippen LogP contribution in [0.3, 0.4) is 0 Å². The van der Waals surface area contributed by atoms with E-state index in [4.69, 9.17) is 9.47 Å². The van der Waals surface area contributed by atoms with Crippen LogP contribution in [0.4, 0.5) is 0 Å². The van der Waals surface area contributed by atoms with Crippen molar-refractivity contribution in [3.8, 4) is 11.5 Å². The Morgan fingerprint density at radius 1 is 1.35 bits per heavy atom. The van der Waals surface area contributed by atoms with Gasteiger partial charge in [0, 0.05) is 11.6 Å². The molecule has 0 radical (unpaired) electrons. The van der Waals surface area contributed by atoms with Crippen LogP contribution in [0.5, 0.6) is 11.5 Å². The summed E-state index contributed by atoms with van der Waals surface area (Å²) in [4.78, 5) is 2.28. The molecule has 5 rings (SSSR count). The molecule has 23 heavy (non-hydrogen) atoms. The first-order valence-electron chi connectivity index (χ1n) is 8.50. The van der Waals surface area contributed by atoms with Gasteiger partial charge in [-0.25, -0.2) is 0 Å². The number of hydrogen-bond acceptors (Lipinski definition) is 5. The van der Waals surface area contributed by atoms with Crippen LogP contribution in [0.25, 0.3) is 0 Å². The molecular formula is C18H23NO4. The highest BCUT2D eigenvalue weighted by Crippen LogP contribution is 2.65. The van der Waals surface area contributed by atoms with Crippen molar-refractivity contribution < 1.29 is 19.7 Å². The number of methoxy groups -OCH3 is 1. The van der Waals surface area contributed by atoms with Crippen LogP contribution in [0.2, 0.25) is 0 Å². The standard InChI is InChI=1S/C18H23NO4/c1-19-8-7-17-14-10-3-4-12(22-2)15(14)23-16(17)11(20)5-6-18(17,21)13(19)9-10/h3-4,11,13,16,20-21H,5-9H2,1-2H3/t11?,13-,16+,17+,18-/m0/s1. The molecule has 1 aromatic carbocycles. The number of benzene rings is 1. The molecule has 2 N–H and O–H groups in total. The van der Waals surface area contributed by atoms with Gasteiger partial charge in [-0.2, -0.15) is 0 Å². The predicted molar refractivity (Wildman–Crippen MR) is 84.0 cm³/mol. The Bertz CT molecular complexity index is 692. The minimum absolute atomic E-state index is 0.0849. The monoisotopic (exact) mass is 317 g/mol. The number of hydrogen-bond donors (Lipinski definition) is 2. The molecule has 4 aliphatic rings. The van der Waals surface area contributed by atoms with Gasteiger partial charge in [0.05, 0.1) is 24.2 Å². The average Bonchev–Trinajstić information content (AvgIpc) is 2.90. The Morgan fingerprint density at radius 3 is 2.96 bits per heavy atom. The third kappa shape index (κ3) is 1.37. The summed E-state index contributed by atoms with van der Waals surface area (Å²) < 4.78 is 11.8. The third-order valence-electron chi connectivity index (χ3n) is 6.90. The maximum atomic E-state index is 11.8. The highest BCUT2D eigenvalue weighted by Gasteiger charge is 2.72. The molecule has 1 unspecified atom stereocenters. The first-order chi connectivity index (χ1) is 11.0. The zero-order valence-electron chi connectivity index (χ0n) is 13.6. The normalized spacial score (nSPS) is 43.7. The maximum absolute atomic E-state index is 11.8. The van der Waals surface area contributed by atoms with Crippen molar-refractivity contribution >= 4 is 0 Å². The van der Waals surface area contributed by atoms with Crippen molar-refractivity contribution in [2.45, 2.75) is 54.9 Å². The van der Waals surface area contributed by atoms with E-state index in [1.165, 1.54) is 5.56 Å². The van der Waals surface area contributed by atoms with Crippen LogP contribution in [-0.4, -0.2) is 59.7 Å². The minimum atomic E-state index is -0.839. The number of likely N-dealkylation sites (N-methyl/N-ethyl adjacent to an activating group) is 1. The summed E-state index contributed by atoms with van der Waals surface area (Å²) >= 11 is 0. The van der Waals surface area contributed by atoms with Gasteiger partial charge in [-0.3, -0.25) is 0 Å². The molecule has 5 nitrogen and oxygen atoms in total. The van der Waals surface area contributed by atoms with Gasteiger partial charge in [0.2, 0.25) is 0 Å². The van der Waals surface area contributed by atoms with Gasteiger partial charge >= 0.3 is 0 Å². The lowest BCUT2D eigenvalue weighted by Crippen LogP contribution is -2.76. The lowest BCUT2D eigenvalue weighted by atomic mass is 9.49. The van der Waals surface area contributed by atoms with Gasteiger partial charge in [-0.1, -0.05) is 6.07 Å². The first-order valence-corrected chi connectivity index (χ1v) is 8.50. The molecule has 0 aromatic heterocycles. The van der Waals surface area contributed by atoms with Crippen LogP contribution in [-0.2, 0) is 11.8 Å². The van der Waals surface area contributed by atoms with Crippen molar-refractivity contribution in [3.05, 3.63) is 23.3 Å². The van der Waals surface area contributed by atoms with Crippen LogP contribution in [0.15, 0.2) is 12.1 Å². The van der Waals surface area contributed by atoms with Crippen LogP contribution in [0.1, 0.15) is 30.4 Å². The van der Waals surface area contributed by atoms with E-state index in [-0.39, 0.29) is 12.1 Å². The molecule has 5 heteroatoms. The molecule has 1 saturated heterocycles. The topological polar surface area (TPSA) is 62.2 Å². The SMILES string of the molecule is COc1ccc2c3c1O[C@@H]1C(O)CC[C@]4(O)[C@H](C2)N(C)CC[C@@]314. The summed E-state index contributed by atoms with van der Waals surface area (Å²) in [6.45, 7) is 0.912. The molecule has 1 spiro atoms. The summed E-state index contributed by atoms with van der Waals surface area (Å²) in [5, 5.41) is 22.4. The molecule has 2 aliphatic heterocycles.